The molecule has 0 fully saturated rings. The molecular formula is C48H30N4. The third-order valence-corrected chi connectivity index (χ3v) is 10.5. The van der Waals surface area contributed by atoms with Crippen molar-refractivity contribution in [3.05, 3.63) is 182 Å². The summed E-state index contributed by atoms with van der Waals surface area (Å²) >= 11 is 0. The van der Waals surface area contributed by atoms with Crippen molar-refractivity contribution in [2.24, 2.45) is 0 Å². The molecule has 0 bridgehead atoms. The lowest BCUT2D eigenvalue weighted by molar-refractivity contribution is 1.18. The summed E-state index contributed by atoms with van der Waals surface area (Å²) in [6.07, 6.45) is 0. The Labute approximate surface area is 299 Å². The smallest absolute Gasteiger partial charge is 0.160 e. The zero-order chi connectivity index (χ0) is 34.2. The highest BCUT2D eigenvalue weighted by Gasteiger charge is 2.21. The van der Waals surface area contributed by atoms with Crippen LogP contribution in [0.15, 0.2) is 182 Å². The Morgan fingerprint density at radius 1 is 0.365 bits per heavy atom. The summed E-state index contributed by atoms with van der Waals surface area (Å²) in [5.41, 5.74) is 10.9. The predicted octanol–water partition coefficient (Wildman–Crippen LogP) is 12.3. The van der Waals surface area contributed by atoms with Crippen LogP contribution in [0.3, 0.4) is 0 Å². The molecule has 242 valence electrons. The molecule has 0 radical (unpaired) electrons. The number of fused-ring (bicyclic) bond motifs is 9. The van der Waals surface area contributed by atoms with E-state index in [0.29, 0.717) is 0 Å². The molecule has 4 heteroatoms. The summed E-state index contributed by atoms with van der Waals surface area (Å²) in [5.74, 6) is 0.728. The third-order valence-electron chi connectivity index (χ3n) is 10.5. The van der Waals surface area contributed by atoms with Crippen LogP contribution in [0.2, 0.25) is 0 Å². The molecule has 4 nitrogen and oxygen atoms in total. The van der Waals surface area contributed by atoms with E-state index >= 15 is 0 Å². The van der Waals surface area contributed by atoms with Crippen molar-refractivity contribution in [1.29, 1.82) is 0 Å². The third kappa shape index (κ3) is 4.28. The topological polar surface area (TPSA) is 35.6 Å². The Balaban J connectivity index is 1.16. The van der Waals surface area contributed by atoms with Gasteiger partial charge < -0.3 is 9.13 Å². The number of para-hydroxylation sites is 3. The SMILES string of the molecule is c1ccc(-c2nc(-c3ccc(-n4c5ccccc5c5ccc6c(c7ccccc7n6-c6ccc7ccccc7c6)c54)cc3)c3ccccc3n2)cc1. The highest BCUT2D eigenvalue weighted by Crippen LogP contribution is 2.42. The number of hydrogen-bond acceptors (Lipinski definition) is 2. The maximum Gasteiger partial charge on any atom is 0.160 e. The number of nitrogens with zero attached hydrogens (tertiary/aromatic N) is 4. The second-order valence-corrected chi connectivity index (χ2v) is 13.4. The van der Waals surface area contributed by atoms with E-state index in [9.17, 15) is 0 Å². The van der Waals surface area contributed by atoms with Gasteiger partial charge >= 0.3 is 0 Å². The maximum absolute atomic E-state index is 5.14. The zero-order valence-electron chi connectivity index (χ0n) is 28.1. The van der Waals surface area contributed by atoms with E-state index in [1.807, 2.05) is 24.3 Å². The first-order valence-electron chi connectivity index (χ1n) is 17.7. The average Bonchev–Trinajstić information content (AvgIpc) is 3.74. The van der Waals surface area contributed by atoms with Crippen molar-refractivity contribution in [3.8, 4) is 34.0 Å². The van der Waals surface area contributed by atoms with E-state index in [1.54, 1.807) is 0 Å². The second kappa shape index (κ2) is 11.2. The predicted molar refractivity (Wildman–Crippen MR) is 217 cm³/mol. The number of aromatic nitrogens is 4. The largest absolute Gasteiger partial charge is 0.309 e. The molecule has 0 N–H and O–H groups in total. The van der Waals surface area contributed by atoms with Crippen LogP contribution >= 0.6 is 0 Å². The monoisotopic (exact) mass is 662 g/mol. The standard InChI is InChI=1S/C48H30N4/c1-2-13-33(14-3-1)48-49-41-19-9-6-17-39(41)46(50-48)32-23-25-35(26-24-32)52-42-20-10-7-16-37(42)38-28-29-44-45(47(38)52)40-18-8-11-21-43(40)51(44)36-27-22-31-12-4-5-15-34(31)30-36/h1-30H. The molecule has 0 amide bonds. The fourth-order valence-corrected chi connectivity index (χ4v) is 8.15. The van der Waals surface area contributed by atoms with Crippen molar-refractivity contribution in [2.45, 2.75) is 0 Å². The van der Waals surface area contributed by atoms with Crippen molar-refractivity contribution < 1.29 is 0 Å². The van der Waals surface area contributed by atoms with Crippen molar-refractivity contribution in [2.75, 3.05) is 0 Å². The summed E-state index contributed by atoms with van der Waals surface area (Å²) < 4.78 is 4.87. The molecule has 0 saturated heterocycles. The van der Waals surface area contributed by atoms with E-state index < -0.39 is 0 Å². The van der Waals surface area contributed by atoms with Crippen molar-refractivity contribution in [1.82, 2.24) is 19.1 Å². The van der Waals surface area contributed by atoms with Crippen LogP contribution in [0.4, 0.5) is 0 Å². The van der Waals surface area contributed by atoms with E-state index in [-0.39, 0.29) is 0 Å². The number of rotatable bonds is 4. The molecule has 0 saturated carbocycles. The van der Waals surface area contributed by atoms with E-state index in [0.717, 1.165) is 44.9 Å². The maximum atomic E-state index is 5.14. The fraction of sp³-hybridized carbons (Fsp3) is 0. The van der Waals surface area contributed by atoms with Gasteiger partial charge in [0, 0.05) is 49.4 Å². The number of hydrogen-bond donors (Lipinski definition) is 0. The molecule has 0 aliphatic rings. The minimum atomic E-state index is 0.728. The first-order chi connectivity index (χ1) is 25.8. The Hall–Kier alpha value is -7.04. The number of benzene rings is 8. The molecule has 3 aromatic heterocycles. The molecule has 52 heavy (non-hydrogen) atoms. The highest BCUT2D eigenvalue weighted by molar-refractivity contribution is 6.26. The van der Waals surface area contributed by atoms with Gasteiger partial charge in [-0.1, -0.05) is 133 Å². The second-order valence-electron chi connectivity index (χ2n) is 13.4. The molecule has 0 aliphatic heterocycles. The molecule has 11 rings (SSSR count). The normalized spacial score (nSPS) is 11.8. The Bertz CT molecular complexity index is 3170. The van der Waals surface area contributed by atoms with Crippen LogP contribution in [-0.2, 0) is 0 Å². The minimum absolute atomic E-state index is 0.728. The first kappa shape index (κ1) is 28.8. The van der Waals surface area contributed by atoms with Gasteiger partial charge in [-0.05, 0) is 59.3 Å². The lowest BCUT2D eigenvalue weighted by Crippen LogP contribution is -1.97. The Kier molecular flexibility index (Phi) is 6.22. The van der Waals surface area contributed by atoms with Gasteiger partial charge in [0.15, 0.2) is 5.82 Å². The molecule has 0 aliphatic carbocycles. The van der Waals surface area contributed by atoms with Gasteiger partial charge in [-0.15, -0.1) is 0 Å². The van der Waals surface area contributed by atoms with E-state index in [1.165, 1.54) is 54.4 Å². The summed E-state index contributed by atoms with van der Waals surface area (Å²) in [5, 5.41) is 8.46. The van der Waals surface area contributed by atoms with Gasteiger partial charge in [-0.2, -0.15) is 0 Å². The first-order valence-corrected chi connectivity index (χ1v) is 17.7. The van der Waals surface area contributed by atoms with Crippen molar-refractivity contribution in [3.63, 3.8) is 0 Å². The van der Waals surface area contributed by atoms with Crippen LogP contribution in [0.1, 0.15) is 0 Å². The van der Waals surface area contributed by atoms with Gasteiger partial charge in [-0.25, -0.2) is 9.97 Å². The quantitative estimate of drug-likeness (QED) is 0.188. The van der Waals surface area contributed by atoms with Gasteiger partial charge in [0.2, 0.25) is 0 Å². The van der Waals surface area contributed by atoms with Gasteiger partial charge in [-0.3, -0.25) is 0 Å². The summed E-state index contributed by atoms with van der Waals surface area (Å²) in [6.45, 7) is 0. The average molecular weight is 663 g/mol. The Morgan fingerprint density at radius 3 is 1.85 bits per heavy atom. The molecule has 0 atom stereocenters. The summed E-state index contributed by atoms with van der Waals surface area (Å²) in [6, 6.07) is 64.9. The van der Waals surface area contributed by atoms with E-state index in [4.69, 9.17) is 9.97 Å². The Morgan fingerprint density at radius 2 is 1.02 bits per heavy atom. The molecule has 8 aromatic carbocycles. The lowest BCUT2D eigenvalue weighted by Gasteiger charge is -2.12. The lowest BCUT2D eigenvalue weighted by atomic mass is 10.0. The summed E-state index contributed by atoms with van der Waals surface area (Å²) in [7, 11) is 0. The van der Waals surface area contributed by atoms with Gasteiger partial charge in [0.25, 0.3) is 0 Å². The van der Waals surface area contributed by atoms with Crippen LogP contribution in [-0.4, -0.2) is 19.1 Å². The molecule has 0 unspecified atom stereocenters. The molecular weight excluding hydrogens is 633 g/mol. The van der Waals surface area contributed by atoms with Gasteiger partial charge in [0.05, 0.1) is 33.3 Å². The minimum Gasteiger partial charge on any atom is -0.309 e. The molecule has 3 heterocycles. The van der Waals surface area contributed by atoms with Crippen LogP contribution < -0.4 is 0 Å². The summed E-state index contributed by atoms with van der Waals surface area (Å²) in [4.78, 5) is 10.1. The zero-order valence-corrected chi connectivity index (χ0v) is 28.1. The van der Waals surface area contributed by atoms with E-state index in [2.05, 4.69) is 167 Å². The van der Waals surface area contributed by atoms with Crippen LogP contribution in [0, 0.1) is 0 Å². The van der Waals surface area contributed by atoms with Crippen LogP contribution in [0.25, 0.3) is 99.3 Å². The highest BCUT2D eigenvalue weighted by atomic mass is 15.0. The van der Waals surface area contributed by atoms with Crippen molar-refractivity contribution >= 4 is 65.3 Å². The fourth-order valence-electron chi connectivity index (χ4n) is 8.15. The molecule has 0 spiro atoms. The van der Waals surface area contributed by atoms with Gasteiger partial charge in [0.1, 0.15) is 0 Å². The van der Waals surface area contributed by atoms with Crippen LogP contribution in [0.5, 0.6) is 0 Å². The molecule has 11 aromatic rings.